The molecule has 7 heteroatoms. The van der Waals surface area contributed by atoms with Gasteiger partial charge in [-0.3, -0.25) is 4.99 Å². The van der Waals surface area contributed by atoms with Gasteiger partial charge in [0.05, 0.1) is 13.2 Å². The van der Waals surface area contributed by atoms with Gasteiger partial charge >= 0.3 is 0 Å². The molecule has 0 atom stereocenters. The molecule has 154 valence electrons. The molecule has 0 aromatic heterocycles. The fourth-order valence-corrected chi connectivity index (χ4v) is 2.44. The van der Waals surface area contributed by atoms with Gasteiger partial charge in [0.1, 0.15) is 24.7 Å². The predicted octanol–water partition coefficient (Wildman–Crippen LogP) is 3.42. The SMILES string of the molecule is CN=C(NCc1ccc(OCCOC)cc1)N(C)CCOc1ccccc1.I. The number of likely N-dealkylation sites (N-methyl/N-ethyl adjacent to an activating group) is 1. The molecule has 0 aliphatic rings. The molecule has 0 spiro atoms. The highest BCUT2D eigenvalue weighted by Crippen LogP contribution is 2.12. The molecule has 0 unspecified atom stereocenters. The van der Waals surface area contributed by atoms with E-state index in [0.29, 0.717) is 26.4 Å². The molecule has 1 N–H and O–H groups in total. The highest BCUT2D eigenvalue weighted by molar-refractivity contribution is 14.0. The van der Waals surface area contributed by atoms with E-state index in [-0.39, 0.29) is 24.0 Å². The molecule has 0 amide bonds. The second-order valence-corrected chi connectivity index (χ2v) is 5.97. The number of nitrogens with one attached hydrogen (secondary N) is 1. The fraction of sp³-hybridized carbons (Fsp3) is 0.381. The second kappa shape index (κ2) is 14.1. The first-order valence-corrected chi connectivity index (χ1v) is 9.03. The van der Waals surface area contributed by atoms with Crippen LogP contribution in [0.3, 0.4) is 0 Å². The van der Waals surface area contributed by atoms with Crippen molar-refractivity contribution in [1.29, 1.82) is 0 Å². The molecule has 0 bridgehead atoms. The molecule has 2 aromatic carbocycles. The lowest BCUT2D eigenvalue weighted by molar-refractivity contribution is 0.146. The van der Waals surface area contributed by atoms with E-state index in [1.165, 1.54) is 0 Å². The zero-order valence-electron chi connectivity index (χ0n) is 16.8. The first-order valence-electron chi connectivity index (χ1n) is 9.03. The molecule has 0 radical (unpaired) electrons. The number of hydrogen-bond acceptors (Lipinski definition) is 4. The molecule has 0 saturated heterocycles. The van der Waals surface area contributed by atoms with Crippen molar-refractivity contribution in [2.45, 2.75) is 6.54 Å². The zero-order chi connectivity index (χ0) is 19.3. The minimum atomic E-state index is 0. The molecule has 6 nitrogen and oxygen atoms in total. The fourth-order valence-electron chi connectivity index (χ4n) is 2.44. The first-order chi connectivity index (χ1) is 13.2. The maximum atomic E-state index is 5.74. The largest absolute Gasteiger partial charge is 0.492 e. The minimum absolute atomic E-state index is 0. The molecular formula is C21H30IN3O3. The Balaban J connectivity index is 0.00000392. The zero-order valence-corrected chi connectivity index (χ0v) is 19.1. The van der Waals surface area contributed by atoms with Crippen LogP contribution in [-0.2, 0) is 11.3 Å². The lowest BCUT2D eigenvalue weighted by Gasteiger charge is -2.22. The number of nitrogens with zero attached hydrogens (tertiary/aromatic N) is 2. The number of ether oxygens (including phenoxy) is 3. The normalized spacial score (nSPS) is 10.8. The number of rotatable bonds is 10. The average Bonchev–Trinajstić information content (AvgIpc) is 2.70. The van der Waals surface area contributed by atoms with Crippen molar-refractivity contribution in [1.82, 2.24) is 10.2 Å². The maximum absolute atomic E-state index is 5.74. The quantitative estimate of drug-likeness (QED) is 0.235. The van der Waals surface area contributed by atoms with Crippen molar-refractivity contribution in [3.8, 4) is 11.5 Å². The van der Waals surface area contributed by atoms with E-state index in [4.69, 9.17) is 14.2 Å². The van der Waals surface area contributed by atoms with Crippen molar-refractivity contribution >= 4 is 29.9 Å². The molecule has 0 saturated carbocycles. The van der Waals surface area contributed by atoms with Gasteiger partial charge in [-0.05, 0) is 29.8 Å². The number of hydrogen-bond donors (Lipinski definition) is 1. The van der Waals surface area contributed by atoms with Gasteiger partial charge in [0, 0.05) is 27.7 Å². The number of para-hydroxylation sites is 1. The number of methoxy groups -OCH3 is 1. The smallest absolute Gasteiger partial charge is 0.193 e. The van der Waals surface area contributed by atoms with Gasteiger partial charge in [-0.25, -0.2) is 0 Å². The van der Waals surface area contributed by atoms with Crippen molar-refractivity contribution in [2.75, 3.05) is 47.6 Å². The monoisotopic (exact) mass is 499 g/mol. The lowest BCUT2D eigenvalue weighted by atomic mass is 10.2. The summed E-state index contributed by atoms with van der Waals surface area (Å²) in [6.07, 6.45) is 0. The third kappa shape index (κ3) is 8.79. The summed E-state index contributed by atoms with van der Waals surface area (Å²) in [6, 6.07) is 17.8. The van der Waals surface area contributed by atoms with E-state index in [1.807, 2.05) is 66.5 Å². The van der Waals surface area contributed by atoms with Crippen LogP contribution < -0.4 is 14.8 Å². The Kier molecular flexibility index (Phi) is 12.1. The van der Waals surface area contributed by atoms with Gasteiger partial charge in [-0.2, -0.15) is 0 Å². The summed E-state index contributed by atoms with van der Waals surface area (Å²) in [5.74, 6) is 2.55. The van der Waals surface area contributed by atoms with Gasteiger partial charge in [-0.1, -0.05) is 30.3 Å². The Morgan fingerprint density at radius 2 is 1.57 bits per heavy atom. The van der Waals surface area contributed by atoms with Crippen LogP contribution in [-0.4, -0.2) is 58.4 Å². The van der Waals surface area contributed by atoms with Crippen molar-refractivity contribution in [3.05, 3.63) is 60.2 Å². The molecule has 0 heterocycles. The topological polar surface area (TPSA) is 55.3 Å². The van der Waals surface area contributed by atoms with Gasteiger partial charge in [0.2, 0.25) is 0 Å². The van der Waals surface area contributed by atoms with Crippen LogP contribution in [0.25, 0.3) is 0 Å². The summed E-state index contributed by atoms with van der Waals surface area (Å²) in [5.41, 5.74) is 1.16. The molecular weight excluding hydrogens is 469 g/mol. The Morgan fingerprint density at radius 1 is 0.929 bits per heavy atom. The summed E-state index contributed by atoms with van der Waals surface area (Å²) in [6.45, 7) is 3.15. The average molecular weight is 499 g/mol. The van der Waals surface area contributed by atoms with Crippen LogP contribution in [0.1, 0.15) is 5.56 Å². The second-order valence-electron chi connectivity index (χ2n) is 5.97. The van der Waals surface area contributed by atoms with Gasteiger partial charge in [-0.15, -0.1) is 24.0 Å². The summed E-state index contributed by atoms with van der Waals surface area (Å²) in [4.78, 5) is 6.38. The Labute approximate surface area is 184 Å². The molecule has 28 heavy (non-hydrogen) atoms. The van der Waals surface area contributed by atoms with Crippen LogP contribution >= 0.6 is 24.0 Å². The highest BCUT2D eigenvalue weighted by Gasteiger charge is 2.06. The summed E-state index contributed by atoms with van der Waals surface area (Å²) in [7, 11) is 5.44. The Morgan fingerprint density at radius 3 is 2.21 bits per heavy atom. The Hall–Kier alpha value is -2.00. The molecule has 0 fully saturated rings. The van der Waals surface area contributed by atoms with Crippen molar-refractivity contribution in [3.63, 3.8) is 0 Å². The van der Waals surface area contributed by atoms with Crippen LogP contribution in [0, 0.1) is 0 Å². The predicted molar refractivity (Wildman–Crippen MR) is 124 cm³/mol. The molecule has 0 aliphatic heterocycles. The van der Waals surface area contributed by atoms with Gasteiger partial charge in [0.25, 0.3) is 0 Å². The minimum Gasteiger partial charge on any atom is -0.492 e. The van der Waals surface area contributed by atoms with Crippen LogP contribution in [0.2, 0.25) is 0 Å². The van der Waals surface area contributed by atoms with E-state index >= 15 is 0 Å². The maximum Gasteiger partial charge on any atom is 0.193 e. The summed E-state index contributed by atoms with van der Waals surface area (Å²) < 4.78 is 16.3. The van der Waals surface area contributed by atoms with E-state index in [1.54, 1.807) is 14.2 Å². The van der Waals surface area contributed by atoms with E-state index < -0.39 is 0 Å². The third-order valence-corrected chi connectivity index (χ3v) is 3.94. The number of guanidine groups is 1. The number of aliphatic imine (C=N–C) groups is 1. The molecule has 2 rings (SSSR count). The summed E-state index contributed by atoms with van der Waals surface area (Å²) in [5, 5.41) is 3.37. The Bertz CT molecular complexity index is 681. The number of benzene rings is 2. The van der Waals surface area contributed by atoms with Crippen LogP contribution in [0.15, 0.2) is 59.6 Å². The highest BCUT2D eigenvalue weighted by atomic mass is 127. The first kappa shape index (κ1) is 24.0. The van der Waals surface area contributed by atoms with Crippen molar-refractivity contribution in [2.24, 2.45) is 4.99 Å². The third-order valence-electron chi connectivity index (χ3n) is 3.94. The van der Waals surface area contributed by atoms with E-state index in [9.17, 15) is 0 Å². The standard InChI is InChI=1S/C21H29N3O3.HI/c1-22-21(24(2)13-14-26-19-7-5-4-6-8-19)23-17-18-9-11-20(12-10-18)27-16-15-25-3;/h4-12H,13-17H2,1-3H3,(H,22,23);1H. The van der Waals surface area contributed by atoms with E-state index in [0.717, 1.165) is 29.6 Å². The van der Waals surface area contributed by atoms with Crippen molar-refractivity contribution < 1.29 is 14.2 Å². The van der Waals surface area contributed by atoms with Crippen LogP contribution in [0.5, 0.6) is 11.5 Å². The van der Waals surface area contributed by atoms with Gasteiger partial charge in [0.15, 0.2) is 5.96 Å². The van der Waals surface area contributed by atoms with Gasteiger partial charge < -0.3 is 24.4 Å². The summed E-state index contributed by atoms with van der Waals surface area (Å²) >= 11 is 0. The molecule has 2 aromatic rings. The number of halogens is 1. The lowest BCUT2D eigenvalue weighted by Crippen LogP contribution is -2.40. The van der Waals surface area contributed by atoms with E-state index in [2.05, 4.69) is 10.3 Å². The molecule has 0 aliphatic carbocycles. The van der Waals surface area contributed by atoms with Crippen LogP contribution in [0.4, 0.5) is 0 Å².